The molecule has 1 N–H and O–H groups in total. The van der Waals surface area contributed by atoms with Gasteiger partial charge in [-0.25, -0.2) is 4.79 Å². The van der Waals surface area contributed by atoms with Crippen LogP contribution in [0.25, 0.3) is 11.1 Å². The number of aromatic nitrogens is 1. The SMILES string of the molecule is CSc1ccc(-c2ccc(=O)n3c2[C@H]2C[C@@H](CN(C(=O)NC4CCCCC4)C2)C3)cc1. The Morgan fingerprint density at radius 2 is 1.77 bits per heavy atom. The van der Waals surface area contributed by atoms with Gasteiger partial charge in [0.25, 0.3) is 5.56 Å². The van der Waals surface area contributed by atoms with Gasteiger partial charge in [-0.05, 0) is 55.2 Å². The number of pyridine rings is 1. The van der Waals surface area contributed by atoms with Crippen molar-refractivity contribution in [2.24, 2.45) is 5.92 Å². The maximum Gasteiger partial charge on any atom is 0.317 e. The number of carbonyl (C=O) groups is 1. The average Bonchev–Trinajstić information content (AvgIpc) is 2.80. The molecular formula is C25H31N3O2S. The van der Waals surface area contributed by atoms with Crippen LogP contribution in [-0.2, 0) is 6.54 Å². The zero-order valence-corrected chi connectivity index (χ0v) is 19.0. The molecule has 3 aliphatic rings. The Balaban J connectivity index is 1.42. The van der Waals surface area contributed by atoms with Crippen molar-refractivity contribution in [1.29, 1.82) is 0 Å². The summed E-state index contributed by atoms with van der Waals surface area (Å²) in [6.07, 6.45) is 9.03. The van der Waals surface area contributed by atoms with Gasteiger partial charge in [0.2, 0.25) is 0 Å². The summed E-state index contributed by atoms with van der Waals surface area (Å²) in [6, 6.07) is 12.7. The van der Waals surface area contributed by atoms with Crippen molar-refractivity contribution in [3.05, 3.63) is 52.4 Å². The number of likely N-dealkylation sites (tertiary alicyclic amines) is 1. The summed E-state index contributed by atoms with van der Waals surface area (Å²) in [5.41, 5.74) is 3.46. The number of hydrogen-bond donors (Lipinski definition) is 1. The van der Waals surface area contributed by atoms with Gasteiger partial charge < -0.3 is 14.8 Å². The van der Waals surface area contributed by atoms with E-state index in [2.05, 4.69) is 35.8 Å². The Hall–Kier alpha value is -2.21. The molecule has 0 unspecified atom stereocenters. The first-order chi connectivity index (χ1) is 15.1. The topological polar surface area (TPSA) is 54.3 Å². The summed E-state index contributed by atoms with van der Waals surface area (Å²) in [6.45, 7) is 2.14. The number of amides is 2. The predicted molar refractivity (Wildman–Crippen MR) is 126 cm³/mol. The second-order valence-corrected chi connectivity index (χ2v) is 10.2. The maximum absolute atomic E-state index is 13.0. The van der Waals surface area contributed by atoms with Crippen LogP contribution in [-0.4, -0.2) is 40.9 Å². The Morgan fingerprint density at radius 1 is 1.00 bits per heavy atom. The normalized spacial score (nSPS) is 23.3. The van der Waals surface area contributed by atoms with Gasteiger partial charge >= 0.3 is 6.03 Å². The summed E-state index contributed by atoms with van der Waals surface area (Å²) in [7, 11) is 0. The molecule has 2 bridgehead atoms. The number of nitrogens with zero attached hydrogens (tertiary/aromatic N) is 2. The van der Waals surface area contributed by atoms with Crippen LogP contribution in [0.5, 0.6) is 0 Å². The van der Waals surface area contributed by atoms with E-state index in [4.69, 9.17) is 0 Å². The van der Waals surface area contributed by atoms with Crippen LogP contribution in [0.2, 0.25) is 0 Å². The van der Waals surface area contributed by atoms with Crippen LogP contribution >= 0.6 is 11.8 Å². The van der Waals surface area contributed by atoms with E-state index >= 15 is 0 Å². The third kappa shape index (κ3) is 4.14. The molecule has 0 spiro atoms. The summed E-state index contributed by atoms with van der Waals surface area (Å²) in [5, 5.41) is 3.29. The molecule has 3 heterocycles. The lowest BCUT2D eigenvalue weighted by Gasteiger charge is -2.44. The fourth-order valence-corrected chi connectivity index (χ4v) is 6.12. The summed E-state index contributed by atoms with van der Waals surface area (Å²) in [5.74, 6) is 0.545. The highest BCUT2D eigenvalue weighted by Gasteiger charge is 2.38. The molecule has 5 nitrogen and oxygen atoms in total. The monoisotopic (exact) mass is 437 g/mol. The van der Waals surface area contributed by atoms with Crippen LogP contribution < -0.4 is 10.9 Å². The third-order valence-electron chi connectivity index (χ3n) is 7.21. The lowest BCUT2D eigenvalue weighted by atomic mass is 9.80. The molecule has 1 aliphatic carbocycles. The minimum absolute atomic E-state index is 0.0780. The summed E-state index contributed by atoms with van der Waals surface area (Å²) in [4.78, 5) is 29.0. The number of piperidine rings is 1. The zero-order chi connectivity index (χ0) is 21.4. The molecule has 6 heteroatoms. The largest absolute Gasteiger partial charge is 0.335 e. The van der Waals surface area contributed by atoms with E-state index in [1.165, 1.54) is 24.2 Å². The second-order valence-electron chi connectivity index (χ2n) is 9.30. The molecule has 2 fully saturated rings. The molecule has 164 valence electrons. The van der Waals surface area contributed by atoms with Crippen LogP contribution in [0, 0.1) is 5.92 Å². The van der Waals surface area contributed by atoms with Gasteiger partial charge in [-0.1, -0.05) is 31.4 Å². The number of fused-ring (bicyclic) bond motifs is 4. The van der Waals surface area contributed by atoms with Gasteiger partial charge in [-0.3, -0.25) is 4.79 Å². The van der Waals surface area contributed by atoms with E-state index in [9.17, 15) is 9.59 Å². The molecule has 2 atom stereocenters. The van der Waals surface area contributed by atoms with Crippen molar-refractivity contribution in [3.63, 3.8) is 0 Å². The first-order valence-electron chi connectivity index (χ1n) is 11.6. The van der Waals surface area contributed by atoms with Gasteiger partial charge in [-0.15, -0.1) is 11.8 Å². The number of benzene rings is 1. The average molecular weight is 438 g/mol. The molecule has 31 heavy (non-hydrogen) atoms. The molecule has 2 amide bonds. The first-order valence-corrected chi connectivity index (χ1v) is 12.8. The minimum Gasteiger partial charge on any atom is -0.335 e. The van der Waals surface area contributed by atoms with Crippen LogP contribution in [0.1, 0.15) is 50.1 Å². The van der Waals surface area contributed by atoms with Crippen LogP contribution in [0.15, 0.2) is 46.1 Å². The van der Waals surface area contributed by atoms with Crippen molar-refractivity contribution in [2.75, 3.05) is 19.3 Å². The standard InChI is InChI=1S/C25H31N3O2S/c1-31-21-9-7-18(8-10-21)22-11-12-23(29)28-15-17-13-19(24(22)28)16-27(14-17)25(30)26-20-5-3-2-4-6-20/h7-12,17,19-20H,2-6,13-16H2,1H3,(H,26,30)/t17-,19-/m0/s1. The van der Waals surface area contributed by atoms with E-state index in [1.807, 2.05) is 15.5 Å². The molecule has 1 saturated heterocycles. The van der Waals surface area contributed by atoms with Gasteiger partial charge in [0, 0.05) is 53.8 Å². The van der Waals surface area contributed by atoms with Gasteiger partial charge in [0.1, 0.15) is 0 Å². The van der Waals surface area contributed by atoms with Crippen LogP contribution in [0.4, 0.5) is 4.79 Å². The maximum atomic E-state index is 13.0. The molecule has 0 radical (unpaired) electrons. The minimum atomic E-state index is 0.0780. The van der Waals surface area contributed by atoms with E-state index in [-0.39, 0.29) is 17.5 Å². The number of thioether (sulfide) groups is 1. The molecule has 5 rings (SSSR count). The quantitative estimate of drug-likeness (QED) is 0.708. The smallest absolute Gasteiger partial charge is 0.317 e. The van der Waals surface area contributed by atoms with Crippen molar-refractivity contribution < 1.29 is 4.79 Å². The van der Waals surface area contributed by atoms with E-state index in [1.54, 1.807) is 17.8 Å². The number of urea groups is 1. The molecule has 1 saturated carbocycles. The highest BCUT2D eigenvalue weighted by molar-refractivity contribution is 7.98. The van der Waals surface area contributed by atoms with E-state index in [0.717, 1.165) is 42.6 Å². The first kappa shape index (κ1) is 20.7. The lowest BCUT2D eigenvalue weighted by molar-refractivity contribution is 0.128. The fourth-order valence-electron chi connectivity index (χ4n) is 5.71. The Labute approximate surface area is 188 Å². The van der Waals surface area contributed by atoms with Gasteiger partial charge in [0.15, 0.2) is 0 Å². The second kappa shape index (κ2) is 8.73. The molecular weight excluding hydrogens is 406 g/mol. The van der Waals surface area contributed by atoms with Crippen molar-refractivity contribution in [1.82, 2.24) is 14.8 Å². The van der Waals surface area contributed by atoms with E-state index < -0.39 is 0 Å². The molecule has 1 aromatic carbocycles. The summed E-state index contributed by atoms with van der Waals surface area (Å²) < 4.78 is 1.98. The van der Waals surface area contributed by atoms with Crippen molar-refractivity contribution >= 4 is 17.8 Å². The zero-order valence-electron chi connectivity index (χ0n) is 18.2. The Bertz CT molecular complexity index is 1010. The third-order valence-corrected chi connectivity index (χ3v) is 7.95. The number of hydrogen-bond acceptors (Lipinski definition) is 3. The number of rotatable bonds is 3. The molecule has 1 aromatic heterocycles. The van der Waals surface area contributed by atoms with Crippen molar-refractivity contribution in [3.8, 4) is 11.1 Å². The Kier molecular flexibility index (Phi) is 5.83. The predicted octanol–water partition coefficient (Wildman–Crippen LogP) is 4.70. The highest BCUT2D eigenvalue weighted by Crippen LogP contribution is 2.40. The number of carbonyl (C=O) groups excluding carboxylic acids is 1. The van der Waals surface area contributed by atoms with Gasteiger partial charge in [0.05, 0.1) is 0 Å². The van der Waals surface area contributed by atoms with E-state index in [0.29, 0.717) is 25.0 Å². The lowest BCUT2D eigenvalue weighted by Crippen LogP contribution is -2.53. The van der Waals surface area contributed by atoms with Gasteiger partial charge in [-0.2, -0.15) is 0 Å². The molecule has 2 aromatic rings. The molecule has 2 aliphatic heterocycles. The summed E-state index contributed by atoms with van der Waals surface area (Å²) >= 11 is 1.73. The van der Waals surface area contributed by atoms with Crippen molar-refractivity contribution in [2.45, 2.75) is 61.9 Å². The number of nitrogens with one attached hydrogen (secondary N) is 1. The fraction of sp³-hybridized carbons (Fsp3) is 0.520. The van der Waals surface area contributed by atoms with Crippen LogP contribution in [0.3, 0.4) is 0 Å². The highest BCUT2D eigenvalue weighted by atomic mass is 32.2. The Morgan fingerprint density at radius 3 is 2.52 bits per heavy atom.